The van der Waals surface area contributed by atoms with Crippen molar-refractivity contribution in [3.05, 3.63) is 44.1 Å². The van der Waals surface area contributed by atoms with Crippen molar-refractivity contribution in [2.75, 3.05) is 25.1 Å². The normalized spacial score (nSPS) is 17.8. The summed E-state index contributed by atoms with van der Waals surface area (Å²) < 4.78 is 57.5. The van der Waals surface area contributed by atoms with Crippen LogP contribution in [0.2, 0.25) is 0 Å². The first kappa shape index (κ1) is 19.3. The second kappa shape index (κ2) is 7.29. The highest BCUT2D eigenvalue weighted by Crippen LogP contribution is 2.40. The molecule has 2 heterocycles. The molecule has 1 aliphatic heterocycles. The Labute approximate surface area is 155 Å². The highest BCUT2D eigenvalue weighted by Gasteiger charge is 2.36. The molecule has 1 saturated heterocycles. The van der Waals surface area contributed by atoms with Crippen LogP contribution in [-0.2, 0) is 6.18 Å². The lowest BCUT2D eigenvalue weighted by molar-refractivity contribution is -0.386. The Hall–Kier alpha value is -2.43. The summed E-state index contributed by atoms with van der Waals surface area (Å²) in [5, 5.41) is 12.6. The first-order valence-corrected chi connectivity index (χ1v) is 8.88. The standard InChI is InChI=1S/C16H15F4N3O3S/c1-26-10-5-11(17)14(23(24)25)12(6-10)22-4-2-3-9(7-22)15-21-13(8-27-15)16(18,19)20/h5-6,8-9H,2-4,7H2,1H3. The predicted octanol–water partition coefficient (Wildman–Crippen LogP) is 4.60. The molecule has 1 aromatic heterocycles. The van der Waals surface area contributed by atoms with Gasteiger partial charge in [0.2, 0.25) is 5.82 Å². The minimum atomic E-state index is -4.52. The van der Waals surface area contributed by atoms with Crippen molar-refractivity contribution in [2.24, 2.45) is 0 Å². The summed E-state index contributed by atoms with van der Waals surface area (Å²) in [6.07, 6.45) is -3.33. The molecule has 0 bridgehead atoms. The van der Waals surface area contributed by atoms with Crippen LogP contribution in [0, 0.1) is 15.9 Å². The van der Waals surface area contributed by atoms with Crippen molar-refractivity contribution in [2.45, 2.75) is 24.9 Å². The summed E-state index contributed by atoms with van der Waals surface area (Å²) in [4.78, 5) is 15.8. The number of alkyl halides is 3. The molecule has 2 aromatic rings. The maximum Gasteiger partial charge on any atom is 0.434 e. The number of thiazole rings is 1. The number of ether oxygens (including phenoxy) is 1. The SMILES string of the molecule is COc1cc(F)c([N+](=O)[O-])c(N2CCCC(c3nc(C(F)(F)F)cs3)C2)c1. The van der Waals surface area contributed by atoms with Gasteiger partial charge in [0.25, 0.3) is 0 Å². The lowest BCUT2D eigenvalue weighted by atomic mass is 9.98. The zero-order valence-electron chi connectivity index (χ0n) is 14.1. The van der Waals surface area contributed by atoms with E-state index in [4.69, 9.17) is 4.74 Å². The van der Waals surface area contributed by atoms with Crippen LogP contribution < -0.4 is 9.64 Å². The van der Waals surface area contributed by atoms with E-state index in [-0.39, 0.29) is 23.9 Å². The van der Waals surface area contributed by atoms with Crippen molar-refractivity contribution in [1.29, 1.82) is 0 Å². The molecule has 146 valence electrons. The molecular weight excluding hydrogens is 390 g/mol. The molecule has 0 radical (unpaired) electrons. The Kier molecular flexibility index (Phi) is 5.22. The van der Waals surface area contributed by atoms with Gasteiger partial charge >= 0.3 is 11.9 Å². The molecule has 0 saturated carbocycles. The number of methoxy groups -OCH3 is 1. The molecule has 0 N–H and O–H groups in total. The molecule has 1 fully saturated rings. The monoisotopic (exact) mass is 405 g/mol. The van der Waals surface area contributed by atoms with Gasteiger partial charge in [-0.1, -0.05) is 0 Å². The Morgan fingerprint density at radius 3 is 2.74 bits per heavy atom. The van der Waals surface area contributed by atoms with E-state index in [1.165, 1.54) is 13.2 Å². The van der Waals surface area contributed by atoms with Crippen LogP contribution in [0.25, 0.3) is 0 Å². The third-order valence-corrected chi connectivity index (χ3v) is 5.37. The zero-order valence-corrected chi connectivity index (χ0v) is 14.9. The van der Waals surface area contributed by atoms with Gasteiger partial charge in [0.1, 0.15) is 11.4 Å². The number of anilines is 1. The quantitative estimate of drug-likeness (QED) is 0.422. The van der Waals surface area contributed by atoms with Crippen molar-refractivity contribution in [3.8, 4) is 5.75 Å². The first-order valence-electron chi connectivity index (χ1n) is 8.00. The van der Waals surface area contributed by atoms with Crippen molar-refractivity contribution in [1.82, 2.24) is 4.98 Å². The van der Waals surface area contributed by atoms with Crippen LogP contribution in [0.4, 0.5) is 28.9 Å². The van der Waals surface area contributed by atoms with Gasteiger partial charge in [-0.2, -0.15) is 17.6 Å². The summed E-state index contributed by atoms with van der Waals surface area (Å²) in [5.41, 5.74) is -1.57. The maximum absolute atomic E-state index is 14.2. The van der Waals surface area contributed by atoms with E-state index in [0.717, 1.165) is 22.8 Å². The van der Waals surface area contributed by atoms with Crippen LogP contribution in [0.5, 0.6) is 5.75 Å². The zero-order chi connectivity index (χ0) is 19.8. The molecule has 0 spiro atoms. The smallest absolute Gasteiger partial charge is 0.434 e. The highest BCUT2D eigenvalue weighted by molar-refractivity contribution is 7.09. The van der Waals surface area contributed by atoms with E-state index in [1.54, 1.807) is 4.90 Å². The van der Waals surface area contributed by atoms with E-state index >= 15 is 0 Å². The maximum atomic E-state index is 14.2. The Balaban J connectivity index is 1.91. The largest absolute Gasteiger partial charge is 0.497 e. The third-order valence-electron chi connectivity index (χ3n) is 4.36. The molecule has 27 heavy (non-hydrogen) atoms. The number of aromatic nitrogens is 1. The van der Waals surface area contributed by atoms with Gasteiger partial charge in [0, 0.05) is 36.5 Å². The summed E-state index contributed by atoms with van der Waals surface area (Å²) in [7, 11) is 1.32. The van der Waals surface area contributed by atoms with Gasteiger partial charge in [-0.05, 0) is 12.8 Å². The highest BCUT2D eigenvalue weighted by atomic mass is 32.1. The van der Waals surface area contributed by atoms with Gasteiger partial charge in [0.05, 0.1) is 17.0 Å². The molecule has 0 aliphatic carbocycles. The van der Waals surface area contributed by atoms with Crippen LogP contribution in [0.3, 0.4) is 0 Å². The van der Waals surface area contributed by atoms with Gasteiger partial charge in [-0.15, -0.1) is 11.3 Å². The molecule has 1 aliphatic rings. The summed E-state index contributed by atoms with van der Waals surface area (Å²) in [6, 6.07) is 2.30. The average Bonchev–Trinajstić information content (AvgIpc) is 3.11. The molecular formula is C16H15F4N3O3S. The molecule has 3 rings (SSSR count). The fourth-order valence-corrected chi connectivity index (χ4v) is 4.06. The second-order valence-electron chi connectivity index (χ2n) is 6.09. The number of hydrogen-bond acceptors (Lipinski definition) is 6. The fraction of sp³-hybridized carbons (Fsp3) is 0.438. The van der Waals surface area contributed by atoms with E-state index in [2.05, 4.69) is 4.98 Å². The minimum absolute atomic E-state index is 0.0501. The number of nitro groups is 1. The van der Waals surface area contributed by atoms with E-state index < -0.39 is 28.3 Å². The number of halogens is 4. The molecule has 1 atom stereocenters. The number of rotatable bonds is 4. The van der Waals surface area contributed by atoms with Gasteiger partial charge in [-0.25, -0.2) is 4.98 Å². The Morgan fingerprint density at radius 1 is 1.41 bits per heavy atom. The van der Waals surface area contributed by atoms with E-state index in [9.17, 15) is 27.7 Å². The van der Waals surface area contributed by atoms with Crippen LogP contribution in [-0.4, -0.2) is 30.1 Å². The van der Waals surface area contributed by atoms with Crippen LogP contribution in [0.1, 0.15) is 29.5 Å². The molecule has 11 heteroatoms. The number of nitro benzene ring substituents is 1. The summed E-state index contributed by atoms with van der Waals surface area (Å²) >= 11 is 0.911. The average molecular weight is 405 g/mol. The molecule has 6 nitrogen and oxygen atoms in total. The van der Waals surface area contributed by atoms with Crippen molar-refractivity contribution in [3.63, 3.8) is 0 Å². The van der Waals surface area contributed by atoms with Gasteiger partial charge in [-0.3, -0.25) is 10.1 Å². The van der Waals surface area contributed by atoms with E-state index in [0.29, 0.717) is 24.4 Å². The van der Waals surface area contributed by atoms with E-state index in [1.807, 2.05) is 0 Å². The van der Waals surface area contributed by atoms with Crippen molar-refractivity contribution >= 4 is 22.7 Å². The molecule has 1 unspecified atom stereocenters. The number of piperidine rings is 1. The summed E-state index contributed by atoms with van der Waals surface area (Å²) in [5.74, 6) is -1.22. The fourth-order valence-electron chi connectivity index (χ4n) is 3.10. The minimum Gasteiger partial charge on any atom is -0.497 e. The summed E-state index contributed by atoms with van der Waals surface area (Å²) in [6.45, 7) is 0.625. The molecule has 1 aromatic carbocycles. The van der Waals surface area contributed by atoms with Crippen LogP contribution in [0.15, 0.2) is 17.5 Å². The number of benzene rings is 1. The topological polar surface area (TPSA) is 68.5 Å². The van der Waals surface area contributed by atoms with Gasteiger partial charge in [0.15, 0.2) is 5.69 Å². The second-order valence-corrected chi connectivity index (χ2v) is 6.98. The number of hydrogen-bond donors (Lipinski definition) is 0. The first-order chi connectivity index (χ1) is 12.7. The Bertz CT molecular complexity index is 856. The molecule has 0 amide bonds. The lowest BCUT2D eigenvalue weighted by Crippen LogP contribution is -2.35. The van der Waals surface area contributed by atoms with Gasteiger partial charge < -0.3 is 9.64 Å². The third kappa shape index (κ3) is 3.97. The number of nitrogens with zero attached hydrogens (tertiary/aromatic N) is 3. The Morgan fingerprint density at radius 2 is 2.15 bits per heavy atom. The van der Waals surface area contributed by atoms with Crippen LogP contribution >= 0.6 is 11.3 Å². The predicted molar refractivity (Wildman–Crippen MR) is 90.9 cm³/mol. The van der Waals surface area contributed by atoms with Crippen molar-refractivity contribution < 1.29 is 27.2 Å². The lowest BCUT2D eigenvalue weighted by Gasteiger charge is -2.33.